The molecule has 7 rings (SSSR count). The summed E-state index contributed by atoms with van der Waals surface area (Å²) in [7, 11) is 0. The lowest BCUT2D eigenvalue weighted by atomic mass is 9.66. The van der Waals surface area contributed by atoms with Crippen LogP contribution in [0, 0.1) is 18.8 Å². The van der Waals surface area contributed by atoms with Crippen LogP contribution in [0.25, 0.3) is 27.2 Å². The Labute approximate surface area is 253 Å². The number of carbonyl (C=O) groups excluding carboxylic acids is 2. The number of hydrogen-bond acceptors (Lipinski definition) is 5. The van der Waals surface area contributed by atoms with Crippen LogP contribution in [0.2, 0.25) is 0 Å². The number of amides is 1. The lowest BCUT2D eigenvalue weighted by Crippen LogP contribution is -2.44. The molecule has 1 fully saturated rings. The van der Waals surface area contributed by atoms with Gasteiger partial charge in [-0.2, -0.15) is 0 Å². The summed E-state index contributed by atoms with van der Waals surface area (Å²) in [6, 6.07) is 16.5. The van der Waals surface area contributed by atoms with E-state index in [0.29, 0.717) is 13.1 Å². The minimum absolute atomic E-state index is 0.0925. The highest BCUT2D eigenvalue weighted by atomic mass is 16.6. The molecule has 43 heavy (non-hydrogen) atoms. The fourth-order valence-electron chi connectivity index (χ4n) is 6.68. The molecule has 0 radical (unpaired) electrons. The van der Waals surface area contributed by atoms with Gasteiger partial charge in [-0.25, -0.2) is 4.79 Å². The summed E-state index contributed by atoms with van der Waals surface area (Å²) in [5.41, 5.74) is 6.23. The van der Waals surface area contributed by atoms with Crippen LogP contribution in [-0.4, -0.2) is 45.4 Å². The predicted octanol–water partition coefficient (Wildman–Crippen LogP) is 8.34. The van der Waals surface area contributed by atoms with Gasteiger partial charge in [0.15, 0.2) is 5.78 Å². The highest BCUT2D eigenvalue weighted by Crippen LogP contribution is 2.47. The van der Waals surface area contributed by atoms with Crippen molar-refractivity contribution in [2.75, 3.05) is 13.1 Å². The third-order valence-electron chi connectivity index (χ3n) is 8.65. The summed E-state index contributed by atoms with van der Waals surface area (Å²) < 4.78 is 5.57. The third kappa shape index (κ3) is 5.96. The molecule has 6 nitrogen and oxygen atoms in total. The normalized spacial score (nSPS) is 18.7. The lowest BCUT2D eigenvalue weighted by molar-refractivity contribution is 0.0169. The number of fused-ring (bicyclic) bond motifs is 5. The molecule has 0 spiro atoms. The van der Waals surface area contributed by atoms with Gasteiger partial charge < -0.3 is 9.64 Å². The second kappa shape index (κ2) is 11.8. The molecular formula is C37H39N3O3. The Morgan fingerprint density at radius 3 is 2.58 bits per heavy atom. The van der Waals surface area contributed by atoms with E-state index in [1.54, 1.807) is 17.3 Å². The quantitative estimate of drug-likeness (QED) is 0.229. The van der Waals surface area contributed by atoms with Gasteiger partial charge in [0.1, 0.15) is 5.60 Å². The number of nitrogens with zero attached hydrogens (tertiary/aromatic N) is 3. The predicted molar refractivity (Wildman–Crippen MR) is 172 cm³/mol. The van der Waals surface area contributed by atoms with Gasteiger partial charge in [0.2, 0.25) is 0 Å². The number of piperidine rings is 1. The van der Waals surface area contributed by atoms with Crippen LogP contribution in [0.5, 0.6) is 0 Å². The van der Waals surface area contributed by atoms with Crippen molar-refractivity contribution in [3.05, 3.63) is 102 Å². The Morgan fingerprint density at radius 1 is 1.00 bits per heavy atom. The maximum absolute atomic E-state index is 14.1. The number of aromatic nitrogens is 2. The molecule has 1 unspecified atom stereocenters. The summed E-state index contributed by atoms with van der Waals surface area (Å²) >= 11 is 0. The Balaban J connectivity index is 0.000000277. The number of hydrogen-bond donors (Lipinski definition) is 0. The molecule has 220 valence electrons. The van der Waals surface area contributed by atoms with Crippen LogP contribution in [0.4, 0.5) is 4.79 Å². The largest absolute Gasteiger partial charge is 0.444 e. The summed E-state index contributed by atoms with van der Waals surface area (Å²) in [4.78, 5) is 36.6. The molecule has 1 aliphatic heterocycles. The highest BCUT2D eigenvalue weighted by molar-refractivity contribution is 6.17. The number of carbonyl (C=O) groups is 2. The van der Waals surface area contributed by atoms with Crippen LogP contribution in [0.3, 0.4) is 0 Å². The Bertz CT molecular complexity index is 1690. The SMILES string of the molecule is Cc1ccc2c3c(ccc2c1)C1=C(CCC=C1)C(C1CCN(C(=O)OC(C)(C)C)CC1)C3=O.c1cnc2ccncc2c1. The molecule has 0 N–H and O–H groups in total. The van der Waals surface area contributed by atoms with Crippen LogP contribution in [0.15, 0.2) is 84.8 Å². The molecule has 6 heteroatoms. The fraction of sp³-hybridized carbons (Fsp3) is 0.351. The van der Waals surface area contributed by atoms with Crippen LogP contribution < -0.4 is 0 Å². The lowest BCUT2D eigenvalue weighted by Gasteiger charge is -2.40. The molecule has 1 amide bonds. The zero-order valence-electron chi connectivity index (χ0n) is 25.5. The molecule has 2 aromatic heterocycles. The number of pyridine rings is 2. The van der Waals surface area contributed by atoms with Gasteiger partial charge in [0.05, 0.1) is 5.52 Å². The molecule has 0 saturated carbocycles. The molecule has 3 heterocycles. The Hall–Kier alpha value is -4.32. The van der Waals surface area contributed by atoms with Crippen molar-refractivity contribution in [2.45, 2.75) is 59.0 Å². The third-order valence-corrected chi connectivity index (χ3v) is 8.65. The number of aryl methyl sites for hydroxylation is 1. The highest BCUT2D eigenvalue weighted by Gasteiger charge is 2.41. The maximum Gasteiger partial charge on any atom is 0.410 e. The zero-order chi connectivity index (χ0) is 30.1. The van der Waals surface area contributed by atoms with Gasteiger partial charge in [-0.15, -0.1) is 0 Å². The van der Waals surface area contributed by atoms with E-state index >= 15 is 0 Å². The number of ether oxygens (including phenoxy) is 1. The smallest absolute Gasteiger partial charge is 0.410 e. The standard InChI is InChI=1S/C29H33NO3.C8H6N2/c1-18-9-11-21-20(17-18)10-12-24-22-7-5-6-8-23(22)25(27(31)26(21)24)19-13-15-30(16-14-19)28(32)33-29(2,3)4;1-2-7-6-9-5-3-8(7)10-4-1/h5,7,9-12,17,19,25H,6,8,13-16H2,1-4H3;1-6H. The van der Waals surface area contributed by atoms with Gasteiger partial charge in [-0.3, -0.25) is 14.8 Å². The van der Waals surface area contributed by atoms with Crippen molar-refractivity contribution in [1.29, 1.82) is 0 Å². The monoisotopic (exact) mass is 573 g/mol. The first-order chi connectivity index (χ1) is 20.7. The van der Waals surface area contributed by atoms with Crippen molar-refractivity contribution in [3.63, 3.8) is 0 Å². The van der Waals surface area contributed by atoms with E-state index < -0.39 is 5.60 Å². The number of likely N-dealkylation sites (tertiary alicyclic amines) is 1. The number of allylic oxidation sites excluding steroid dienone is 4. The van der Waals surface area contributed by atoms with Gasteiger partial charge in [-0.1, -0.05) is 53.6 Å². The minimum atomic E-state index is -0.496. The van der Waals surface area contributed by atoms with Gasteiger partial charge >= 0.3 is 6.09 Å². The van der Waals surface area contributed by atoms with E-state index in [1.807, 2.05) is 45.2 Å². The number of benzene rings is 2. The zero-order valence-corrected chi connectivity index (χ0v) is 25.5. The fourth-order valence-corrected chi connectivity index (χ4v) is 6.68. The molecule has 0 bridgehead atoms. The first kappa shape index (κ1) is 28.8. The number of Topliss-reactive ketones (excluding diaryl/α,β-unsaturated/α-hetero) is 1. The van der Waals surface area contributed by atoms with E-state index in [2.05, 4.69) is 59.4 Å². The molecule has 3 aliphatic rings. The molecule has 2 aromatic carbocycles. The van der Waals surface area contributed by atoms with E-state index in [-0.39, 0.29) is 23.7 Å². The number of ketones is 1. The Kier molecular flexibility index (Phi) is 7.87. The van der Waals surface area contributed by atoms with Crippen molar-refractivity contribution in [2.24, 2.45) is 11.8 Å². The van der Waals surface area contributed by atoms with Crippen LogP contribution >= 0.6 is 0 Å². The summed E-state index contributed by atoms with van der Waals surface area (Å²) in [6.07, 6.45) is 13.1. The summed E-state index contributed by atoms with van der Waals surface area (Å²) in [5, 5.41) is 3.28. The summed E-state index contributed by atoms with van der Waals surface area (Å²) in [6.45, 7) is 9.06. The Morgan fingerprint density at radius 2 is 1.81 bits per heavy atom. The van der Waals surface area contributed by atoms with Crippen LogP contribution in [0.1, 0.15) is 67.9 Å². The van der Waals surface area contributed by atoms with Crippen molar-refractivity contribution in [1.82, 2.24) is 14.9 Å². The van der Waals surface area contributed by atoms with E-state index in [9.17, 15) is 9.59 Å². The van der Waals surface area contributed by atoms with E-state index in [0.717, 1.165) is 58.5 Å². The molecule has 4 aromatic rings. The minimum Gasteiger partial charge on any atom is -0.444 e. The molecular weight excluding hydrogens is 534 g/mol. The summed E-state index contributed by atoms with van der Waals surface area (Å²) in [5.74, 6) is 0.427. The molecule has 2 aliphatic carbocycles. The molecule has 1 saturated heterocycles. The van der Waals surface area contributed by atoms with Gasteiger partial charge in [0.25, 0.3) is 0 Å². The first-order valence-corrected chi connectivity index (χ1v) is 15.3. The van der Waals surface area contributed by atoms with Crippen molar-refractivity contribution in [3.8, 4) is 0 Å². The van der Waals surface area contributed by atoms with Gasteiger partial charge in [-0.05, 0) is 99.4 Å². The molecule has 1 atom stereocenters. The van der Waals surface area contributed by atoms with Crippen LogP contribution in [-0.2, 0) is 4.74 Å². The second-order valence-corrected chi connectivity index (χ2v) is 12.8. The average Bonchev–Trinajstić information content (AvgIpc) is 3.00. The average molecular weight is 574 g/mol. The van der Waals surface area contributed by atoms with Crippen molar-refractivity contribution >= 4 is 39.1 Å². The van der Waals surface area contributed by atoms with Crippen molar-refractivity contribution < 1.29 is 14.3 Å². The van der Waals surface area contributed by atoms with Gasteiger partial charge in [0, 0.05) is 48.5 Å². The van der Waals surface area contributed by atoms with E-state index in [4.69, 9.17) is 4.74 Å². The maximum atomic E-state index is 14.1. The number of rotatable bonds is 1. The topological polar surface area (TPSA) is 72.4 Å². The second-order valence-electron chi connectivity index (χ2n) is 12.8. The first-order valence-electron chi connectivity index (χ1n) is 15.3. The van der Waals surface area contributed by atoms with E-state index in [1.165, 1.54) is 16.7 Å².